The van der Waals surface area contributed by atoms with Crippen molar-refractivity contribution < 1.29 is 9.53 Å². The molecule has 3 rings (SSSR count). The molecule has 0 atom stereocenters. The minimum Gasteiger partial charge on any atom is -0.497 e. The van der Waals surface area contributed by atoms with Crippen LogP contribution in [0.4, 0.5) is 5.00 Å². The van der Waals surface area contributed by atoms with Crippen molar-refractivity contribution >= 4 is 22.1 Å². The largest absolute Gasteiger partial charge is 0.497 e. The number of nitrogen functional groups attached to an aromatic ring is 1. The van der Waals surface area contributed by atoms with E-state index in [1.54, 1.807) is 13.2 Å². The molecule has 0 saturated heterocycles. The lowest BCUT2D eigenvalue weighted by molar-refractivity contribution is 0.104. The summed E-state index contributed by atoms with van der Waals surface area (Å²) in [6.45, 7) is 0. The van der Waals surface area contributed by atoms with Gasteiger partial charge in [0.05, 0.1) is 17.7 Å². The molecule has 16 heavy (non-hydrogen) atoms. The monoisotopic (exact) mass is 231 g/mol. The standard InChI is InChI=1S/C12H9NO2S/c1-15-6-2-3-7-8(4-6)11(14)10-9(7)5-16-12(10)13/h2-5H,13H2,1H3. The van der Waals surface area contributed by atoms with Crippen molar-refractivity contribution in [3.8, 4) is 16.9 Å². The Morgan fingerprint density at radius 3 is 2.81 bits per heavy atom. The number of carbonyl (C=O) groups is 1. The van der Waals surface area contributed by atoms with Crippen LogP contribution in [0.3, 0.4) is 0 Å². The van der Waals surface area contributed by atoms with E-state index in [1.807, 2.05) is 17.5 Å². The predicted octanol–water partition coefficient (Wildman–Crippen LogP) is 2.55. The molecule has 1 aliphatic rings. The molecule has 0 bridgehead atoms. The number of benzene rings is 1. The Morgan fingerprint density at radius 1 is 1.25 bits per heavy atom. The molecule has 80 valence electrons. The first kappa shape index (κ1) is 9.42. The van der Waals surface area contributed by atoms with E-state index in [0.717, 1.165) is 11.1 Å². The highest BCUT2D eigenvalue weighted by atomic mass is 32.1. The Morgan fingerprint density at radius 2 is 2.06 bits per heavy atom. The third kappa shape index (κ3) is 1.05. The summed E-state index contributed by atoms with van der Waals surface area (Å²) in [5, 5.41) is 2.52. The van der Waals surface area contributed by atoms with Gasteiger partial charge >= 0.3 is 0 Å². The van der Waals surface area contributed by atoms with Gasteiger partial charge in [0.25, 0.3) is 0 Å². The highest BCUT2D eigenvalue weighted by Gasteiger charge is 2.30. The van der Waals surface area contributed by atoms with Gasteiger partial charge in [-0.05, 0) is 23.8 Å². The molecule has 2 aromatic rings. The minimum atomic E-state index is 0.00245. The highest BCUT2D eigenvalue weighted by molar-refractivity contribution is 7.15. The van der Waals surface area contributed by atoms with Gasteiger partial charge in [-0.25, -0.2) is 0 Å². The molecule has 0 aliphatic heterocycles. The van der Waals surface area contributed by atoms with E-state index < -0.39 is 0 Å². The third-order valence-electron chi connectivity index (χ3n) is 2.81. The van der Waals surface area contributed by atoms with Crippen LogP contribution in [0.25, 0.3) is 11.1 Å². The van der Waals surface area contributed by atoms with Crippen LogP contribution < -0.4 is 10.5 Å². The second kappa shape index (κ2) is 3.09. The van der Waals surface area contributed by atoms with Gasteiger partial charge in [0.2, 0.25) is 0 Å². The number of rotatable bonds is 1. The Balaban J connectivity index is 2.28. The summed E-state index contributed by atoms with van der Waals surface area (Å²) in [7, 11) is 1.59. The van der Waals surface area contributed by atoms with Gasteiger partial charge in [-0.1, -0.05) is 0 Å². The molecule has 1 aromatic heterocycles. The van der Waals surface area contributed by atoms with Gasteiger partial charge in [-0.3, -0.25) is 4.79 Å². The molecule has 4 heteroatoms. The zero-order chi connectivity index (χ0) is 11.3. The smallest absolute Gasteiger partial charge is 0.197 e. The van der Waals surface area contributed by atoms with Gasteiger partial charge < -0.3 is 10.5 Å². The molecule has 1 heterocycles. The zero-order valence-electron chi connectivity index (χ0n) is 8.61. The first-order chi connectivity index (χ1) is 7.72. The molecule has 0 saturated carbocycles. The number of methoxy groups -OCH3 is 1. The van der Waals surface area contributed by atoms with Crippen LogP contribution in [0.1, 0.15) is 15.9 Å². The van der Waals surface area contributed by atoms with Crippen LogP contribution in [0, 0.1) is 0 Å². The van der Waals surface area contributed by atoms with E-state index in [4.69, 9.17) is 10.5 Å². The number of fused-ring (bicyclic) bond motifs is 3. The van der Waals surface area contributed by atoms with Crippen LogP contribution in [0.15, 0.2) is 23.6 Å². The Hall–Kier alpha value is -1.81. The molecule has 3 nitrogen and oxygen atoms in total. The quantitative estimate of drug-likeness (QED) is 0.700. The summed E-state index contributed by atoms with van der Waals surface area (Å²) >= 11 is 1.41. The molecular weight excluding hydrogens is 222 g/mol. The van der Waals surface area contributed by atoms with Gasteiger partial charge in [-0.15, -0.1) is 11.3 Å². The normalized spacial score (nSPS) is 12.4. The maximum Gasteiger partial charge on any atom is 0.197 e. The summed E-state index contributed by atoms with van der Waals surface area (Å²) in [6.07, 6.45) is 0. The van der Waals surface area contributed by atoms with Crippen molar-refractivity contribution in [2.24, 2.45) is 0 Å². The number of hydrogen-bond donors (Lipinski definition) is 1. The molecule has 0 amide bonds. The summed E-state index contributed by atoms with van der Waals surface area (Å²) in [5.74, 6) is 0.696. The fourth-order valence-corrected chi connectivity index (χ4v) is 2.82. The van der Waals surface area contributed by atoms with Gasteiger partial charge in [0, 0.05) is 16.5 Å². The number of hydrogen-bond acceptors (Lipinski definition) is 4. The second-order valence-electron chi connectivity index (χ2n) is 3.63. The van der Waals surface area contributed by atoms with Crippen LogP contribution in [-0.2, 0) is 0 Å². The molecule has 1 aliphatic carbocycles. The van der Waals surface area contributed by atoms with E-state index in [0.29, 0.717) is 21.9 Å². The zero-order valence-corrected chi connectivity index (χ0v) is 9.43. The number of ketones is 1. The lowest BCUT2D eigenvalue weighted by Crippen LogP contribution is -1.98. The van der Waals surface area contributed by atoms with Crippen LogP contribution in [0.5, 0.6) is 5.75 Å². The van der Waals surface area contributed by atoms with Crippen molar-refractivity contribution in [2.75, 3.05) is 12.8 Å². The Kier molecular flexibility index (Phi) is 1.82. The lowest BCUT2D eigenvalue weighted by Gasteiger charge is -2.02. The maximum absolute atomic E-state index is 12.1. The summed E-state index contributed by atoms with van der Waals surface area (Å²) in [6, 6.07) is 5.53. The summed E-state index contributed by atoms with van der Waals surface area (Å²) in [5.41, 5.74) is 9.03. The molecule has 0 spiro atoms. The number of carbonyl (C=O) groups excluding carboxylic acids is 1. The lowest BCUT2D eigenvalue weighted by atomic mass is 10.1. The SMILES string of the molecule is COc1ccc2c(c1)C(=O)c1c-2csc1N. The van der Waals surface area contributed by atoms with E-state index in [2.05, 4.69) is 0 Å². The molecule has 0 radical (unpaired) electrons. The third-order valence-corrected chi connectivity index (χ3v) is 3.62. The van der Waals surface area contributed by atoms with Crippen molar-refractivity contribution in [3.63, 3.8) is 0 Å². The van der Waals surface area contributed by atoms with Crippen molar-refractivity contribution in [3.05, 3.63) is 34.7 Å². The maximum atomic E-state index is 12.1. The molecular formula is C12H9NO2S. The molecule has 2 N–H and O–H groups in total. The Labute approximate surface area is 96.5 Å². The van der Waals surface area contributed by atoms with Gasteiger partial charge in [-0.2, -0.15) is 0 Å². The molecule has 0 fully saturated rings. The van der Waals surface area contributed by atoms with Crippen LogP contribution in [-0.4, -0.2) is 12.9 Å². The first-order valence-electron chi connectivity index (χ1n) is 4.82. The highest BCUT2D eigenvalue weighted by Crippen LogP contribution is 2.43. The summed E-state index contributed by atoms with van der Waals surface area (Å²) in [4.78, 5) is 12.1. The Bertz CT molecular complexity index is 601. The van der Waals surface area contributed by atoms with Gasteiger partial charge in [0.15, 0.2) is 5.78 Å². The van der Waals surface area contributed by atoms with Crippen LogP contribution in [0.2, 0.25) is 0 Å². The van der Waals surface area contributed by atoms with E-state index in [9.17, 15) is 4.79 Å². The minimum absolute atomic E-state index is 0.00245. The average Bonchev–Trinajstić information content (AvgIpc) is 2.81. The number of nitrogens with two attached hydrogens (primary N) is 1. The average molecular weight is 231 g/mol. The van der Waals surface area contributed by atoms with Crippen molar-refractivity contribution in [1.82, 2.24) is 0 Å². The van der Waals surface area contributed by atoms with E-state index in [1.165, 1.54) is 11.3 Å². The van der Waals surface area contributed by atoms with Crippen LogP contribution >= 0.6 is 11.3 Å². The first-order valence-corrected chi connectivity index (χ1v) is 5.70. The van der Waals surface area contributed by atoms with Crippen molar-refractivity contribution in [2.45, 2.75) is 0 Å². The summed E-state index contributed by atoms with van der Waals surface area (Å²) < 4.78 is 5.11. The molecule has 0 unspecified atom stereocenters. The fraction of sp³-hybridized carbons (Fsp3) is 0.0833. The number of thiophene rings is 1. The second-order valence-corrected chi connectivity index (χ2v) is 4.54. The van der Waals surface area contributed by atoms with Crippen molar-refractivity contribution in [1.29, 1.82) is 0 Å². The molecule has 1 aromatic carbocycles. The van der Waals surface area contributed by atoms with Gasteiger partial charge in [0.1, 0.15) is 5.75 Å². The number of anilines is 1. The topological polar surface area (TPSA) is 52.3 Å². The van der Waals surface area contributed by atoms with E-state index >= 15 is 0 Å². The van der Waals surface area contributed by atoms with E-state index in [-0.39, 0.29) is 5.78 Å². The number of ether oxygens (including phenoxy) is 1. The predicted molar refractivity (Wildman–Crippen MR) is 64.2 cm³/mol. The fourth-order valence-electron chi connectivity index (χ4n) is 2.01.